The summed E-state index contributed by atoms with van der Waals surface area (Å²) in [4.78, 5) is 13.7. The molecule has 31 heavy (non-hydrogen) atoms. The molecule has 0 spiro atoms. The highest BCUT2D eigenvalue weighted by molar-refractivity contribution is 7.96. The highest BCUT2D eigenvalue weighted by Crippen LogP contribution is 2.55. The molecule has 0 unspecified atom stereocenters. The predicted octanol–water partition coefficient (Wildman–Crippen LogP) is 5.99. The maximum Gasteiger partial charge on any atom is 0.201 e. The van der Waals surface area contributed by atoms with Gasteiger partial charge in [0.25, 0.3) is 0 Å². The van der Waals surface area contributed by atoms with Crippen molar-refractivity contribution in [2.45, 2.75) is 19.8 Å². The van der Waals surface area contributed by atoms with Crippen LogP contribution in [0.3, 0.4) is 0 Å². The Labute approximate surface area is 186 Å². The van der Waals surface area contributed by atoms with Gasteiger partial charge in [0.1, 0.15) is 29.3 Å². The standard InChI is InChI=1S/C29H28OP/c1-23(2)24-18-20-25(21-19-24)29(30)22-31(26-12-6-3-7-13-26,27-14-8-4-9-15-27)28-16-10-5-11-17-28/h3-21,23H,22H2,1-2H3/q+1. The Morgan fingerprint density at radius 3 is 1.35 bits per heavy atom. The molecule has 4 aromatic rings. The van der Waals surface area contributed by atoms with Crippen LogP contribution in [0.1, 0.15) is 35.7 Å². The Kier molecular flexibility index (Phi) is 6.44. The van der Waals surface area contributed by atoms with Crippen molar-refractivity contribution in [3.05, 3.63) is 126 Å². The number of carbonyl (C=O) groups is 1. The molecule has 0 aliphatic heterocycles. The van der Waals surface area contributed by atoms with Gasteiger partial charge < -0.3 is 0 Å². The first-order chi connectivity index (χ1) is 15.1. The maximum atomic E-state index is 13.7. The van der Waals surface area contributed by atoms with Crippen LogP contribution < -0.4 is 15.9 Å². The second-order valence-corrected chi connectivity index (χ2v) is 11.7. The van der Waals surface area contributed by atoms with Gasteiger partial charge in [-0.15, -0.1) is 0 Å². The fraction of sp³-hybridized carbons (Fsp3) is 0.138. The van der Waals surface area contributed by atoms with Crippen molar-refractivity contribution in [2.24, 2.45) is 0 Å². The molecule has 0 fully saturated rings. The SMILES string of the molecule is CC(C)c1ccc(C(=O)C[P+](c2ccccc2)(c2ccccc2)c2ccccc2)cc1. The molecule has 0 aliphatic carbocycles. The average molecular weight is 424 g/mol. The molecule has 0 amide bonds. The summed E-state index contributed by atoms with van der Waals surface area (Å²) in [6.45, 7) is 4.35. The van der Waals surface area contributed by atoms with Gasteiger partial charge >= 0.3 is 0 Å². The number of carbonyl (C=O) groups excluding carboxylic acids is 1. The van der Waals surface area contributed by atoms with E-state index < -0.39 is 7.26 Å². The molecule has 2 heteroatoms. The molecule has 0 aromatic heterocycles. The van der Waals surface area contributed by atoms with Crippen LogP contribution in [0.5, 0.6) is 0 Å². The summed E-state index contributed by atoms with van der Waals surface area (Å²) in [5.74, 6) is 0.647. The van der Waals surface area contributed by atoms with E-state index in [1.807, 2.05) is 30.3 Å². The van der Waals surface area contributed by atoms with Gasteiger partial charge in [0.2, 0.25) is 5.78 Å². The lowest BCUT2D eigenvalue weighted by Crippen LogP contribution is -2.35. The Balaban J connectivity index is 1.87. The zero-order valence-corrected chi connectivity index (χ0v) is 19.0. The first kappa shape index (κ1) is 21.2. The molecule has 0 saturated heterocycles. The van der Waals surface area contributed by atoms with E-state index >= 15 is 0 Å². The van der Waals surface area contributed by atoms with Crippen LogP contribution in [0.2, 0.25) is 0 Å². The summed E-state index contributed by atoms with van der Waals surface area (Å²) in [5.41, 5.74) is 2.04. The fourth-order valence-corrected chi connectivity index (χ4v) is 8.23. The van der Waals surface area contributed by atoms with E-state index in [0.717, 1.165) is 5.56 Å². The minimum Gasteiger partial charge on any atom is -0.290 e. The second-order valence-electron chi connectivity index (χ2n) is 8.17. The van der Waals surface area contributed by atoms with Crippen molar-refractivity contribution >= 4 is 29.0 Å². The summed E-state index contributed by atoms with van der Waals surface area (Å²) < 4.78 is 0. The summed E-state index contributed by atoms with van der Waals surface area (Å²) in [7, 11) is -2.16. The third kappa shape index (κ3) is 4.38. The van der Waals surface area contributed by atoms with Crippen molar-refractivity contribution in [3.8, 4) is 0 Å². The number of hydrogen-bond donors (Lipinski definition) is 0. The Bertz CT molecular complexity index is 1020. The van der Waals surface area contributed by atoms with Gasteiger partial charge in [-0.3, -0.25) is 4.79 Å². The summed E-state index contributed by atoms with van der Waals surface area (Å²) in [6, 6.07) is 39.9. The van der Waals surface area contributed by atoms with Crippen molar-refractivity contribution in [1.82, 2.24) is 0 Å². The van der Waals surface area contributed by atoms with E-state index in [1.54, 1.807) is 0 Å². The van der Waals surface area contributed by atoms with E-state index in [4.69, 9.17) is 0 Å². The zero-order valence-electron chi connectivity index (χ0n) is 18.1. The van der Waals surface area contributed by atoms with E-state index in [-0.39, 0.29) is 5.78 Å². The lowest BCUT2D eigenvalue weighted by atomic mass is 10.0. The van der Waals surface area contributed by atoms with Crippen LogP contribution in [0.15, 0.2) is 115 Å². The molecule has 154 valence electrons. The predicted molar refractivity (Wildman–Crippen MR) is 135 cm³/mol. The summed E-state index contributed by atoms with van der Waals surface area (Å²) >= 11 is 0. The molecular formula is C29H28OP+. The van der Waals surface area contributed by atoms with Crippen LogP contribution in [0.25, 0.3) is 0 Å². The lowest BCUT2D eigenvalue weighted by Gasteiger charge is -2.27. The zero-order chi connectivity index (χ0) is 21.7. The van der Waals surface area contributed by atoms with Gasteiger partial charge in [-0.1, -0.05) is 92.7 Å². The molecule has 0 saturated carbocycles. The Morgan fingerprint density at radius 2 is 1.00 bits per heavy atom. The maximum absolute atomic E-state index is 13.7. The number of ketones is 1. The minimum absolute atomic E-state index is 0.195. The normalized spacial score (nSPS) is 11.5. The number of Topliss-reactive ketones (excluding diaryl/α,β-unsaturated/α-hetero) is 1. The van der Waals surface area contributed by atoms with Crippen LogP contribution in [0, 0.1) is 0 Å². The minimum atomic E-state index is -2.16. The second kappa shape index (κ2) is 9.41. The molecule has 0 aliphatic rings. The highest BCUT2D eigenvalue weighted by atomic mass is 31.2. The fourth-order valence-electron chi connectivity index (χ4n) is 4.13. The first-order valence-corrected chi connectivity index (χ1v) is 12.8. The van der Waals surface area contributed by atoms with E-state index in [2.05, 4.69) is 98.8 Å². The molecule has 0 N–H and O–H groups in total. The molecule has 4 aromatic carbocycles. The third-order valence-electron chi connectivity index (χ3n) is 5.87. The van der Waals surface area contributed by atoms with Crippen LogP contribution >= 0.6 is 7.26 Å². The third-order valence-corrected chi connectivity index (χ3v) is 10.2. The average Bonchev–Trinajstić information content (AvgIpc) is 2.84. The molecule has 1 nitrogen and oxygen atoms in total. The number of benzene rings is 4. The van der Waals surface area contributed by atoms with Gasteiger partial charge in [0, 0.05) is 5.56 Å². The Morgan fingerprint density at radius 1 is 0.613 bits per heavy atom. The molecule has 0 radical (unpaired) electrons. The molecule has 4 rings (SSSR count). The van der Waals surface area contributed by atoms with Crippen molar-refractivity contribution in [3.63, 3.8) is 0 Å². The smallest absolute Gasteiger partial charge is 0.201 e. The highest BCUT2D eigenvalue weighted by Gasteiger charge is 2.47. The van der Waals surface area contributed by atoms with Crippen LogP contribution in [-0.4, -0.2) is 11.9 Å². The molecule has 0 heterocycles. The van der Waals surface area contributed by atoms with Crippen molar-refractivity contribution in [2.75, 3.05) is 6.16 Å². The Hall–Kier alpha value is -3.02. The molecule has 0 bridgehead atoms. The van der Waals surface area contributed by atoms with Crippen LogP contribution in [-0.2, 0) is 0 Å². The largest absolute Gasteiger partial charge is 0.290 e. The first-order valence-electron chi connectivity index (χ1n) is 10.8. The molecular weight excluding hydrogens is 395 g/mol. The van der Waals surface area contributed by atoms with E-state index in [0.29, 0.717) is 12.1 Å². The van der Waals surface area contributed by atoms with Gasteiger partial charge in [-0.25, -0.2) is 0 Å². The molecule has 0 atom stereocenters. The summed E-state index contributed by atoms with van der Waals surface area (Å²) in [6.07, 6.45) is 0.478. The number of rotatable bonds is 7. The van der Waals surface area contributed by atoms with E-state index in [9.17, 15) is 4.79 Å². The van der Waals surface area contributed by atoms with Crippen molar-refractivity contribution < 1.29 is 4.79 Å². The van der Waals surface area contributed by atoms with Gasteiger partial charge in [-0.2, -0.15) is 0 Å². The number of hydrogen-bond acceptors (Lipinski definition) is 1. The van der Waals surface area contributed by atoms with Crippen LogP contribution in [0.4, 0.5) is 0 Å². The van der Waals surface area contributed by atoms with Crippen molar-refractivity contribution in [1.29, 1.82) is 0 Å². The quantitative estimate of drug-likeness (QED) is 0.264. The monoisotopic (exact) mass is 423 g/mol. The van der Waals surface area contributed by atoms with E-state index in [1.165, 1.54) is 21.5 Å². The van der Waals surface area contributed by atoms with Gasteiger partial charge in [-0.05, 0) is 47.9 Å². The van der Waals surface area contributed by atoms with Gasteiger partial charge in [0.05, 0.1) is 0 Å². The van der Waals surface area contributed by atoms with Gasteiger partial charge in [0.15, 0.2) is 0 Å². The topological polar surface area (TPSA) is 17.1 Å². The summed E-state index contributed by atoms with van der Waals surface area (Å²) in [5, 5.41) is 3.71. The lowest BCUT2D eigenvalue weighted by molar-refractivity contribution is 0.102.